The number of fused-ring (bicyclic) bond motifs is 2. The molecule has 0 saturated carbocycles. The van der Waals surface area contributed by atoms with Crippen LogP contribution in [0.1, 0.15) is 32.6 Å². The molecule has 0 spiro atoms. The van der Waals surface area contributed by atoms with Gasteiger partial charge in [0.15, 0.2) is 17.3 Å². The Bertz CT molecular complexity index is 1720. The lowest BCUT2D eigenvalue weighted by Gasteiger charge is -2.09. The van der Waals surface area contributed by atoms with Gasteiger partial charge in [0.1, 0.15) is 12.4 Å². The van der Waals surface area contributed by atoms with Gasteiger partial charge in [0.2, 0.25) is 6.79 Å². The molecule has 5 aromatic rings. The number of hydrogen-bond acceptors (Lipinski definition) is 6. The molecule has 2 heterocycles. The molecule has 1 aliphatic heterocycles. The second kappa shape index (κ2) is 10.2. The average Bonchev–Trinajstić information content (AvgIpc) is 3.56. The van der Waals surface area contributed by atoms with Gasteiger partial charge in [-0.2, -0.15) is 10.4 Å². The molecule has 192 valence electrons. The summed E-state index contributed by atoms with van der Waals surface area (Å²) in [6.07, 6.45) is 0. The number of carbonyl (C=O) groups excluding carboxylic acids is 1. The van der Waals surface area contributed by atoms with Crippen LogP contribution in [0.15, 0.2) is 84.9 Å². The highest BCUT2D eigenvalue weighted by Crippen LogP contribution is 2.33. The molecule has 1 N–H and O–H groups in total. The van der Waals surface area contributed by atoms with Gasteiger partial charge in [0.25, 0.3) is 5.91 Å². The molecule has 6 rings (SSSR count). The van der Waals surface area contributed by atoms with Crippen LogP contribution in [-0.2, 0) is 13.2 Å². The number of ether oxygens (including phenoxy) is 3. The largest absolute Gasteiger partial charge is 0.489 e. The maximum Gasteiger partial charge on any atom is 0.256 e. The van der Waals surface area contributed by atoms with Crippen molar-refractivity contribution in [1.82, 2.24) is 9.78 Å². The number of nitrogens with one attached hydrogen (secondary N) is 1. The molecule has 8 heteroatoms. The molecule has 0 aliphatic carbocycles. The third kappa shape index (κ3) is 5.11. The fourth-order valence-corrected chi connectivity index (χ4v) is 4.44. The first-order valence-electron chi connectivity index (χ1n) is 12.4. The van der Waals surface area contributed by atoms with Crippen LogP contribution in [0.3, 0.4) is 0 Å². The fourth-order valence-electron chi connectivity index (χ4n) is 4.44. The predicted octanol–water partition coefficient (Wildman–Crippen LogP) is 5.82. The van der Waals surface area contributed by atoms with Crippen LogP contribution in [-0.4, -0.2) is 22.5 Å². The van der Waals surface area contributed by atoms with Gasteiger partial charge in [0, 0.05) is 10.9 Å². The summed E-state index contributed by atoms with van der Waals surface area (Å²) in [7, 11) is 0. The second-order valence-corrected chi connectivity index (χ2v) is 9.29. The topological polar surface area (TPSA) is 98.4 Å². The number of amides is 1. The SMILES string of the molecule is Cc1ccc2c(c1)c(NC(=O)c1ccc(C#N)cc1)nn2Cc1ccc(OCc2ccc3c(c2)OCO3)cc1. The minimum atomic E-state index is -0.281. The van der Waals surface area contributed by atoms with E-state index in [0.29, 0.717) is 30.1 Å². The number of aromatic nitrogens is 2. The zero-order valence-corrected chi connectivity index (χ0v) is 21.2. The molecule has 0 unspecified atom stereocenters. The van der Waals surface area contributed by atoms with Crippen LogP contribution in [0.4, 0.5) is 5.82 Å². The van der Waals surface area contributed by atoms with Crippen molar-refractivity contribution in [2.45, 2.75) is 20.1 Å². The summed E-state index contributed by atoms with van der Waals surface area (Å²) in [6.45, 7) is 3.19. The Morgan fingerprint density at radius 1 is 0.974 bits per heavy atom. The van der Waals surface area contributed by atoms with Gasteiger partial charge in [-0.25, -0.2) is 0 Å². The minimum Gasteiger partial charge on any atom is -0.489 e. The summed E-state index contributed by atoms with van der Waals surface area (Å²) in [5.74, 6) is 2.46. The standard InChI is InChI=1S/C31H24N4O4/c1-20-2-12-27-26(14-20)30(33-31(36)24-8-3-21(16-32)4-9-24)34-35(27)17-22-5-10-25(11-6-22)37-18-23-7-13-28-29(15-23)39-19-38-28/h2-15H,17-19H2,1H3,(H,33,34,36). The lowest BCUT2D eigenvalue weighted by Crippen LogP contribution is -2.13. The highest BCUT2D eigenvalue weighted by atomic mass is 16.7. The van der Waals surface area contributed by atoms with E-state index in [4.69, 9.17) is 24.6 Å². The average molecular weight is 517 g/mol. The molecule has 0 fully saturated rings. The molecule has 0 atom stereocenters. The quantitative estimate of drug-likeness (QED) is 0.293. The lowest BCUT2D eigenvalue weighted by atomic mass is 10.1. The highest BCUT2D eigenvalue weighted by Gasteiger charge is 2.16. The summed E-state index contributed by atoms with van der Waals surface area (Å²) in [6, 6.07) is 28.3. The van der Waals surface area contributed by atoms with E-state index >= 15 is 0 Å². The maximum absolute atomic E-state index is 12.9. The van der Waals surface area contributed by atoms with E-state index in [0.717, 1.165) is 44.8 Å². The summed E-state index contributed by atoms with van der Waals surface area (Å²) in [5, 5.41) is 17.5. The van der Waals surface area contributed by atoms with Crippen molar-refractivity contribution in [3.63, 3.8) is 0 Å². The van der Waals surface area contributed by atoms with Crippen LogP contribution < -0.4 is 19.5 Å². The van der Waals surface area contributed by atoms with Crippen molar-refractivity contribution in [2.75, 3.05) is 12.1 Å². The summed E-state index contributed by atoms with van der Waals surface area (Å²) < 4.78 is 18.6. The third-order valence-electron chi connectivity index (χ3n) is 6.51. The van der Waals surface area contributed by atoms with E-state index < -0.39 is 0 Å². The maximum atomic E-state index is 12.9. The van der Waals surface area contributed by atoms with Crippen LogP contribution >= 0.6 is 0 Å². The van der Waals surface area contributed by atoms with Crippen molar-refractivity contribution in [3.05, 3.63) is 113 Å². The molecule has 8 nitrogen and oxygen atoms in total. The molecule has 1 amide bonds. The molecule has 1 aromatic heterocycles. The van der Waals surface area contributed by atoms with Gasteiger partial charge in [-0.15, -0.1) is 0 Å². The lowest BCUT2D eigenvalue weighted by molar-refractivity contribution is 0.102. The van der Waals surface area contributed by atoms with Crippen LogP contribution in [0, 0.1) is 18.3 Å². The summed E-state index contributed by atoms with van der Waals surface area (Å²) in [5.41, 5.74) is 4.98. The molecule has 0 saturated heterocycles. The van der Waals surface area contributed by atoms with Gasteiger partial charge in [-0.3, -0.25) is 9.48 Å². The Balaban J connectivity index is 1.17. The van der Waals surface area contributed by atoms with E-state index in [1.54, 1.807) is 24.3 Å². The third-order valence-corrected chi connectivity index (χ3v) is 6.51. The van der Waals surface area contributed by atoms with Crippen LogP contribution in [0.5, 0.6) is 17.2 Å². The number of anilines is 1. The van der Waals surface area contributed by atoms with Crippen molar-refractivity contribution in [2.24, 2.45) is 0 Å². The van der Waals surface area contributed by atoms with Gasteiger partial charge in [-0.05, 0) is 78.7 Å². The molecule has 1 aliphatic rings. The van der Waals surface area contributed by atoms with Gasteiger partial charge >= 0.3 is 0 Å². The summed E-state index contributed by atoms with van der Waals surface area (Å²) >= 11 is 0. The number of benzene rings is 4. The molecule has 0 bridgehead atoms. The number of nitriles is 1. The minimum absolute atomic E-state index is 0.247. The molecular formula is C31H24N4O4. The van der Waals surface area contributed by atoms with Gasteiger partial charge < -0.3 is 19.5 Å². The number of rotatable bonds is 7. The molecule has 0 radical (unpaired) electrons. The Labute approximate surface area is 225 Å². The van der Waals surface area contributed by atoms with E-state index in [2.05, 4.69) is 11.4 Å². The zero-order chi connectivity index (χ0) is 26.8. The van der Waals surface area contributed by atoms with Crippen LogP contribution in [0.25, 0.3) is 10.9 Å². The van der Waals surface area contributed by atoms with E-state index in [1.165, 1.54) is 0 Å². The second-order valence-electron chi connectivity index (χ2n) is 9.29. The Morgan fingerprint density at radius 2 is 1.74 bits per heavy atom. The number of hydrogen-bond donors (Lipinski definition) is 1. The first-order valence-corrected chi connectivity index (χ1v) is 12.4. The van der Waals surface area contributed by atoms with Gasteiger partial charge in [-0.1, -0.05) is 29.8 Å². The normalized spacial score (nSPS) is 11.8. The smallest absolute Gasteiger partial charge is 0.256 e. The number of carbonyl (C=O) groups is 1. The molecular weight excluding hydrogens is 492 g/mol. The first kappa shape index (κ1) is 24.1. The van der Waals surface area contributed by atoms with Crippen molar-refractivity contribution < 1.29 is 19.0 Å². The van der Waals surface area contributed by atoms with E-state index in [-0.39, 0.29) is 12.7 Å². The van der Waals surface area contributed by atoms with Crippen LogP contribution in [0.2, 0.25) is 0 Å². The number of aryl methyl sites for hydroxylation is 1. The van der Waals surface area contributed by atoms with Crippen molar-refractivity contribution >= 4 is 22.6 Å². The van der Waals surface area contributed by atoms with E-state index in [1.807, 2.05) is 72.3 Å². The Kier molecular flexibility index (Phi) is 6.31. The fraction of sp³-hybridized carbons (Fsp3) is 0.129. The van der Waals surface area contributed by atoms with Crippen molar-refractivity contribution in [3.8, 4) is 23.3 Å². The predicted molar refractivity (Wildman–Crippen MR) is 146 cm³/mol. The first-order chi connectivity index (χ1) is 19.1. The molecule has 39 heavy (non-hydrogen) atoms. The van der Waals surface area contributed by atoms with E-state index in [9.17, 15) is 4.79 Å². The number of nitrogens with zero attached hydrogens (tertiary/aromatic N) is 3. The Hall–Kier alpha value is -5.29. The van der Waals surface area contributed by atoms with Gasteiger partial charge in [0.05, 0.1) is 23.7 Å². The summed E-state index contributed by atoms with van der Waals surface area (Å²) in [4.78, 5) is 12.9. The molecule has 4 aromatic carbocycles. The monoisotopic (exact) mass is 516 g/mol. The highest BCUT2D eigenvalue weighted by molar-refractivity contribution is 6.08. The zero-order valence-electron chi connectivity index (χ0n) is 21.2. The van der Waals surface area contributed by atoms with Crippen molar-refractivity contribution in [1.29, 1.82) is 5.26 Å². The Morgan fingerprint density at radius 3 is 2.54 bits per heavy atom.